The molecule has 23 heavy (non-hydrogen) atoms. The fourth-order valence-electron chi connectivity index (χ4n) is 3.52. The van der Waals surface area contributed by atoms with Crippen LogP contribution in [0.4, 0.5) is 0 Å². The number of hydrogen-bond acceptors (Lipinski definition) is 4. The van der Waals surface area contributed by atoms with Gasteiger partial charge in [0.25, 0.3) is 5.56 Å². The van der Waals surface area contributed by atoms with Gasteiger partial charge in [-0.25, -0.2) is 4.79 Å². The molecule has 2 aliphatic heterocycles. The third-order valence-electron chi connectivity index (χ3n) is 4.46. The van der Waals surface area contributed by atoms with Crippen LogP contribution in [0.2, 0.25) is 0 Å². The number of aromatic nitrogens is 2. The number of rotatable bonds is 2. The largest absolute Gasteiger partial charge is 0.487 e. The van der Waals surface area contributed by atoms with Gasteiger partial charge in [0, 0.05) is 37.3 Å². The van der Waals surface area contributed by atoms with Gasteiger partial charge in [-0.05, 0) is 19.4 Å². The fraction of sp³-hybridized carbons (Fsp3) is 0.412. The summed E-state index contributed by atoms with van der Waals surface area (Å²) in [5.74, 6) is 0.968. The van der Waals surface area contributed by atoms with Crippen LogP contribution in [0.5, 0.6) is 5.75 Å². The van der Waals surface area contributed by atoms with E-state index in [0.29, 0.717) is 30.9 Å². The Balaban J connectivity index is 1.60. The smallest absolute Gasteiger partial charge is 0.325 e. The van der Waals surface area contributed by atoms with Gasteiger partial charge in [0.1, 0.15) is 11.4 Å². The van der Waals surface area contributed by atoms with Crippen LogP contribution in [0.15, 0.2) is 27.8 Å². The number of nitrogens with zero attached hydrogens (tertiary/aromatic N) is 1. The highest BCUT2D eigenvalue weighted by atomic mass is 16.5. The molecule has 0 aliphatic carbocycles. The lowest BCUT2D eigenvalue weighted by Gasteiger charge is -2.20. The molecule has 3 heterocycles. The van der Waals surface area contributed by atoms with Gasteiger partial charge in [-0.15, -0.1) is 0 Å². The monoisotopic (exact) mass is 313 g/mol. The summed E-state index contributed by atoms with van der Waals surface area (Å²) in [6.07, 6.45) is 0.906. The molecular formula is C17H19N3O3. The zero-order valence-corrected chi connectivity index (χ0v) is 13.2. The van der Waals surface area contributed by atoms with Gasteiger partial charge in [-0.1, -0.05) is 18.2 Å². The second kappa shape index (κ2) is 4.83. The molecule has 120 valence electrons. The molecule has 0 saturated carbocycles. The maximum absolute atomic E-state index is 11.9. The van der Waals surface area contributed by atoms with E-state index in [1.807, 2.05) is 0 Å². The first-order valence-corrected chi connectivity index (χ1v) is 7.78. The quantitative estimate of drug-likeness (QED) is 0.876. The molecule has 6 heteroatoms. The van der Waals surface area contributed by atoms with Crippen LogP contribution >= 0.6 is 0 Å². The average molecular weight is 313 g/mol. The summed E-state index contributed by atoms with van der Waals surface area (Å²) < 4.78 is 6.10. The molecule has 0 unspecified atom stereocenters. The van der Waals surface area contributed by atoms with Crippen molar-refractivity contribution in [1.82, 2.24) is 14.9 Å². The Hall–Kier alpha value is -2.34. The molecule has 4 rings (SSSR count). The molecule has 1 aromatic heterocycles. The molecule has 1 aromatic carbocycles. The van der Waals surface area contributed by atoms with Crippen LogP contribution in [-0.2, 0) is 26.1 Å². The van der Waals surface area contributed by atoms with Crippen LogP contribution in [0.3, 0.4) is 0 Å². The van der Waals surface area contributed by atoms with Crippen LogP contribution < -0.4 is 16.0 Å². The van der Waals surface area contributed by atoms with Crippen molar-refractivity contribution in [3.63, 3.8) is 0 Å². The van der Waals surface area contributed by atoms with Gasteiger partial charge in [-0.3, -0.25) is 14.7 Å². The van der Waals surface area contributed by atoms with Gasteiger partial charge < -0.3 is 9.72 Å². The Morgan fingerprint density at radius 2 is 2.04 bits per heavy atom. The predicted octanol–water partition coefficient (Wildman–Crippen LogP) is 1.29. The number of aromatic amines is 2. The molecule has 0 bridgehead atoms. The summed E-state index contributed by atoms with van der Waals surface area (Å²) in [6.45, 7) is 5.98. The molecule has 6 nitrogen and oxygen atoms in total. The van der Waals surface area contributed by atoms with Crippen molar-refractivity contribution in [2.45, 2.75) is 45.5 Å². The Labute approximate surface area is 133 Å². The van der Waals surface area contributed by atoms with E-state index in [2.05, 4.69) is 46.9 Å². The summed E-state index contributed by atoms with van der Waals surface area (Å²) in [4.78, 5) is 30.4. The lowest BCUT2D eigenvalue weighted by molar-refractivity contribution is 0.135. The Morgan fingerprint density at radius 1 is 1.22 bits per heavy atom. The lowest BCUT2D eigenvalue weighted by Crippen LogP contribution is -2.25. The van der Waals surface area contributed by atoms with Crippen molar-refractivity contribution in [3.8, 4) is 5.75 Å². The topological polar surface area (TPSA) is 78.2 Å². The summed E-state index contributed by atoms with van der Waals surface area (Å²) >= 11 is 0. The molecular weight excluding hydrogens is 294 g/mol. The van der Waals surface area contributed by atoms with E-state index < -0.39 is 5.69 Å². The Bertz CT molecular complexity index is 895. The van der Waals surface area contributed by atoms with E-state index in [0.717, 1.165) is 17.7 Å². The van der Waals surface area contributed by atoms with Crippen molar-refractivity contribution >= 4 is 0 Å². The highest BCUT2D eigenvalue weighted by molar-refractivity contribution is 5.45. The van der Waals surface area contributed by atoms with Crippen molar-refractivity contribution in [3.05, 3.63) is 61.4 Å². The molecule has 2 N–H and O–H groups in total. The maximum Gasteiger partial charge on any atom is 0.325 e. The summed E-state index contributed by atoms with van der Waals surface area (Å²) in [7, 11) is 0. The minimum atomic E-state index is -0.443. The molecule has 0 atom stereocenters. The van der Waals surface area contributed by atoms with E-state index in [1.54, 1.807) is 0 Å². The van der Waals surface area contributed by atoms with E-state index in [1.165, 1.54) is 5.56 Å². The zero-order chi connectivity index (χ0) is 16.2. The van der Waals surface area contributed by atoms with E-state index in [9.17, 15) is 9.59 Å². The highest BCUT2D eigenvalue weighted by Gasteiger charge is 2.32. The normalized spacial score (nSPS) is 18.5. The zero-order valence-electron chi connectivity index (χ0n) is 13.2. The number of para-hydroxylation sites is 1. The van der Waals surface area contributed by atoms with E-state index in [-0.39, 0.29) is 11.2 Å². The molecule has 0 radical (unpaired) electrons. The minimum absolute atomic E-state index is 0.172. The standard InChI is InChI=1S/C17H19N3O3/c1-17(2)6-10-4-3-5-11(14(10)23-17)7-20-8-12-13(9-20)18-16(22)19-15(12)21/h3-5H,6-9H2,1-2H3,(H2,18,19,21,22). The number of ether oxygens (including phenoxy) is 1. The molecule has 0 spiro atoms. The van der Waals surface area contributed by atoms with Gasteiger partial charge in [-0.2, -0.15) is 0 Å². The predicted molar refractivity (Wildman–Crippen MR) is 85.5 cm³/mol. The van der Waals surface area contributed by atoms with E-state index >= 15 is 0 Å². The lowest BCUT2D eigenvalue weighted by atomic mass is 10.0. The molecule has 0 saturated heterocycles. The summed E-state index contributed by atoms with van der Waals surface area (Å²) in [6, 6.07) is 6.22. The highest BCUT2D eigenvalue weighted by Crippen LogP contribution is 2.38. The average Bonchev–Trinajstić information content (AvgIpc) is 2.98. The fourth-order valence-corrected chi connectivity index (χ4v) is 3.52. The van der Waals surface area contributed by atoms with Gasteiger partial charge in [0.15, 0.2) is 0 Å². The minimum Gasteiger partial charge on any atom is -0.487 e. The van der Waals surface area contributed by atoms with E-state index in [4.69, 9.17) is 4.74 Å². The SMILES string of the molecule is CC1(C)Cc2cccc(CN3Cc4[nH]c(=O)[nH]c(=O)c4C3)c2O1. The van der Waals surface area contributed by atoms with Crippen LogP contribution in [0, 0.1) is 0 Å². The van der Waals surface area contributed by atoms with Crippen molar-refractivity contribution in [2.75, 3.05) is 0 Å². The number of nitrogens with one attached hydrogen (secondary N) is 2. The number of benzene rings is 1. The Kier molecular flexibility index (Phi) is 2.99. The van der Waals surface area contributed by atoms with Crippen molar-refractivity contribution in [2.24, 2.45) is 0 Å². The number of fused-ring (bicyclic) bond motifs is 2. The number of H-pyrrole nitrogens is 2. The third kappa shape index (κ3) is 2.49. The molecule has 0 amide bonds. The van der Waals surface area contributed by atoms with Gasteiger partial charge in [0.05, 0.1) is 5.56 Å². The second-order valence-electron chi connectivity index (χ2n) is 6.95. The molecule has 2 aliphatic rings. The molecule has 2 aromatic rings. The maximum atomic E-state index is 11.9. The van der Waals surface area contributed by atoms with Crippen LogP contribution in [0.1, 0.15) is 36.2 Å². The van der Waals surface area contributed by atoms with Crippen LogP contribution in [-0.4, -0.2) is 20.5 Å². The summed E-state index contributed by atoms with van der Waals surface area (Å²) in [5.41, 5.74) is 2.82. The van der Waals surface area contributed by atoms with Gasteiger partial charge in [0.2, 0.25) is 0 Å². The van der Waals surface area contributed by atoms with Crippen molar-refractivity contribution < 1.29 is 4.74 Å². The van der Waals surface area contributed by atoms with Crippen molar-refractivity contribution in [1.29, 1.82) is 0 Å². The molecule has 0 fully saturated rings. The first kappa shape index (κ1) is 14.3. The first-order valence-electron chi connectivity index (χ1n) is 7.78. The van der Waals surface area contributed by atoms with Gasteiger partial charge >= 0.3 is 5.69 Å². The van der Waals surface area contributed by atoms with Crippen LogP contribution in [0.25, 0.3) is 0 Å². The third-order valence-corrected chi connectivity index (χ3v) is 4.46. The second-order valence-corrected chi connectivity index (χ2v) is 6.95. The number of hydrogen-bond donors (Lipinski definition) is 2. The Morgan fingerprint density at radius 3 is 2.87 bits per heavy atom. The first-order chi connectivity index (χ1) is 10.9. The summed E-state index contributed by atoms with van der Waals surface area (Å²) in [5, 5.41) is 0.